The number of ether oxygens (including phenoxy) is 1. The average Bonchev–Trinajstić information content (AvgIpc) is 3.19. The highest BCUT2D eigenvalue weighted by molar-refractivity contribution is 7.99. The van der Waals surface area contributed by atoms with E-state index in [2.05, 4.69) is 6.92 Å². The summed E-state index contributed by atoms with van der Waals surface area (Å²) in [6, 6.07) is 17.1. The van der Waals surface area contributed by atoms with Gasteiger partial charge in [-0.15, -0.1) is 0 Å². The van der Waals surface area contributed by atoms with Crippen molar-refractivity contribution in [3.05, 3.63) is 74.5 Å². The summed E-state index contributed by atoms with van der Waals surface area (Å²) in [5, 5.41) is 0.345. The molecule has 4 rings (SSSR count). The molecule has 4 aromatic rings. The molecule has 7 nitrogen and oxygen atoms in total. The van der Waals surface area contributed by atoms with Gasteiger partial charge in [0.05, 0.1) is 18.0 Å². The maximum atomic E-state index is 13.7. The summed E-state index contributed by atoms with van der Waals surface area (Å²) < 4.78 is 9.08. The Labute approximate surface area is 215 Å². The molecule has 0 saturated carbocycles. The molecule has 0 unspecified atom stereocenters. The van der Waals surface area contributed by atoms with Crippen LogP contribution in [0.2, 0.25) is 0 Å². The van der Waals surface area contributed by atoms with Gasteiger partial charge in [-0.25, -0.2) is 4.98 Å². The van der Waals surface area contributed by atoms with Gasteiger partial charge in [-0.3, -0.25) is 23.5 Å². The van der Waals surface area contributed by atoms with E-state index >= 15 is 0 Å². The Kier molecular flexibility index (Phi) is 7.94. The molecule has 2 heterocycles. The zero-order chi connectivity index (χ0) is 24.9. The van der Waals surface area contributed by atoms with Crippen LogP contribution in [0.25, 0.3) is 21.7 Å². The molecular weight excluding hydrogens is 502 g/mol. The number of aromatic nitrogens is 3. The van der Waals surface area contributed by atoms with Crippen LogP contribution < -0.4 is 5.56 Å². The lowest BCUT2D eigenvalue weighted by Crippen LogP contribution is -2.22. The topological polar surface area (TPSA) is 83.2 Å². The number of fused-ring (bicyclic) bond motifs is 1. The van der Waals surface area contributed by atoms with Crippen molar-refractivity contribution < 1.29 is 14.3 Å². The molecule has 0 radical (unpaired) electrons. The molecule has 0 fully saturated rings. The predicted molar refractivity (Wildman–Crippen MR) is 142 cm³/mol. The van der Waals surface area contributed by atoms with Crippen molar-refractivity contribution in [3.63, 3.8) is 0 Å². The number of carbonyl (C=O) groups excluding carboxylic acids is 2. The summed E-state index contributed by atoms with van der Waals surface area (Å²) in [4.78, 5) is 42.5. The lowest BCUT2D eigenvalue weighted by Gasteiger charge is -2.13. The second-order valence-corrected chi connectivity index (χ2v) is 10.1. The standard InChI is InChI=1S/C25H23N3O4S3/c1-3-16-10-12-18(13-11-16)27-22-21(35-25(27)33)23(31)28(17-8-6-5-7-9-17)24(26-22)34-15-19(29)14-20(30)32-4-2/h5-13H,3-4,14-15H2,1-2H3. The van der Waals surface area contributed by atoms with Gasteiger partial charge in [0, 0.05) is 5.69 Å². The third-order valence-corrected chi connectivity index (χ3v) is 7.55. The minimum absolute atomic E-state index is 0.0281. The lowest BCUT2D eigenvalue weighted by molar-refractivity contribution is -0.145. The highest BCUT2D eigenvalue weighted by atomic mass is 32.2. The van der Waals surface area contributed by atoms with Gasteiger partial charge in [-0.05, 0) is 55.4 Å². The smallest absolute Gasteiger partial charge is 0.313 e. The quantitative estimate of drug-likeness (QED) is 0.0983. The summed E-state index contributed by atoms with van der Waals surface area (Å²) in [5.74, 6) is -0.900. The lowest BCUT2D eigenvalue weighted by atomic mass is 10.1. The molecule has 2 aromatic carbocycles. The molecule has 0 saturated heterocycles. The molecule has 0 atom stereocenters. The molecule has 35 heavy (non-hydrogen) atoms. The van der Waals surface area contributed by atoms with Crippen molar-refractivity contribution in [2.45, 2.75) is 31.8 Å². The number of nitrogens with zero attached hydrogens (tertiary/aromatic N) is 3. The summed E-state index contributed by atoms with van der Waals surface area (Å²) in [6.45, 7) is 3.99. The van der Waals surface area contributed by atoms with Gasteiger partial charge in [0.1, 0.15) is 11.1 Å². The molecule has 0 bridgehead atoms. The Morgan fingerprint density at radius 1 is 1.03 bits per heavy atom. The number of hydrogen-bond acceptors (Lipinski definition) is 8. The number of ketones is 1. The van der Waals surface area contributed by atoms with E-state index in [1.165, 1.54) is 21.5 Å². The van der Waals surface area contributed by atoms with E-state index in [1.807, 2.05) is 42.5 Å². The number of thioether (sulfide) groups is 1. The monoisotopic (exact) mass is 525 g/mol. The summed E-state index contributed by atoms with van der Waals surface area (Å²) >= 11 is 7.94. The first-order chi connectivity index (χ1) is 16.9. The van der Waals surface area contributed by atoms with Crippen LogP contribution in [0.1, 0.15) is 25.8 Å². The number of esters is 1. The number of Topliss-reactive ketones (excluding diaryl/α,β-unsaturated/α-hetero) is 1. The largest absolute Gasteiger partial charge is 0.466 e. The van der Waals surface area contributed by atoms with Gasteiger partial charge in [0.2, 0.25) is 0 Å². The van der Waals surface area contributed by atoms with E-state index in [9.17, 15) is 14.4 Å². The van der Waals surface area contributed by atoms with Gasteiger partial charge in [-0.2, -0.15) is 0 Å². The fraction of sp³-hybridized carbons (Fsp3) is 0.240. The van der Waals surface area contributed by atoms with Crippen molar-refractivity contribution in [3.8, 4) is 11.4 Å². The Morgan fingerprint density at radius 3 is 2.37 bits per heavy atom. The van der Waals surface area contributed by atoms with Crippen LogP contribution in [-0.4, -0.2) is 38.2 Å². The minimum atomic E-state index is -0.566. The first-order valence-electron chi connectivity index (χ1n) is 11.1. The van der Waals surface area contributed by atoms with Crippen molar-refractivity contribution >= 4 is 57.4 Å². The first-order valence-corrected chi connectivity index (χ1v) is 13.3. The zero-order valence-electron chi connectivity index (χ0n) is 19.2. The number of benzene rings is 2. The Morgan fingerprint density at radius 2 is 1.71 bits per heavy atom. The van der Waals surface area contributed by atoms with E-state index in [0.29, 0.717) is 25.1 Å². The summed E-state index contributed by atoms with van der Waals surface area (Å²) in [6.07, 6.45) is 0.591. The second kappa shape index (κ2) is 11.1. The second-order valence-electron chi connectivity index (χ2n) is 7.56. The van der Waals surface area contributed by atoms with Crippen LogP contribution in [0.3, 0.4) is 0 Å². The number of para-hydroxylation sites is 1. The predicted octanol–water partition coefficient (Wildman–Crippen LogP) is 5.14. The highest BCUT2D eigenvalue weighted by Gasteiger charge is 2.20. The van der Waals surface area contributed by atoms with Crippen molar-refractivity contribution in [1.82, 2.24) is 14.1 Å². The number of carbonyl (C=O) groups is 2. The van der Waals surface area contributed by atoms with E-state index < -0.39 is 5.97 Å². The fourth-order valence-electron chi connectivity index (χ4n) is 3.51. The Balaban J connectivity index is 1.82. The zero-order valence-corrected chi connectivity index (χ0v) is 21.7. The van der Waals surface area contributed by atoms with Gasteiger partial charge in [0.25, 0.3) is 5.56 Å². The summed E-state index contributed by atoms with van der Waals surface area (Å²) in [7, 11) is 0. The Hall–Kier alpha value is -3.08. The molecule has 180 valence electrons. The van der Waals surface area contributed by atoms with Crippen LogP contribution in [-0.2, 0) is 20.7 Å². The van der Waals surface area contributed by atoms with Crippen LogP contribution in [0.4, 0.5) is 0 Å². The van der Waals surface area contributed by atoms with E-state index in [1.54, 1.807) is 23.6 Å². The van der Waals surface area contributed by atoms with Gasteiger partial charge < -0.3 is 4.74 Å². The molecule has 0 aliphatic heterocycles. The highest BCUT2D eigenvalue weighted by Crippen LogP contribution is 2.27. The third-order valence-electron chi connectivity index (χ3n) is 5.20. The van der Waals surface area contributed by atoms with E-state index in [4.69, 9.17) is 21.9 Å². The van der Waals surface area contributed by atoms with E-state index in [-0.39, 0.29) is 30.1 Å². The maximum Gasteiger partial charge on any atom is 0.313 e. The van der Waals surface area contributed by atoms with Crippen molar-refractivity contribution in [1.29, 1.82) is 0 Å². The first kappa shape index (κ1) is 25.0. The molecule has 0 N–H and O–H groups in total. The van der Waals surface area contributed by atoms with Crippen molar-refractivity contribution in [2.24, 2.45) is 0 Å². The van der Waals surface area contributed by atoms with Crippen LogP contribution in [0.15, 0.2) is 64.5 Å². The van der Waals surface area contributed by atoms with E-state index in [0.717, 1.165) is 23.9 Å². The molecule has 10 heteroatoms. The van der Waals surface area contributed by atoms with Gasteiger partial charge >= 0.3 is 5.97 Å². The molecule has 0 aliphatic carbocycles. The van der Waals surface area contributed by atoms with Crippen LogP contribution >= 0.6 is 35.3 Å². The average molecular weight is 526 g/mol. The molecule has 0 amide bonds. The van der Waals surface area contributed by atoms with Gasteiger partial charge in [-0.1, -0.05) is 60.4 Å². The SMILES string of the molecule is CCOC(=O)CC(=O)CSc1nc2c(sc(=S)n2-c2ccc(CC)cc2)c(=O)n1-c1ccccc1. The third kappa shape index (κ3) is 5.44. The molecular formula is C25H23N3O4S3. The van der Waals surface area contributed by atoms with Gasteiger partial charge in [0.15, 0.2) is 20.5 Å². The Bertz CT molecular complexity index is 1490. The number of aryl methyl sites for hydroxylation is 1. The number of rotatable bonds is 9. The minimum Gasteiger partial charge on any atom is -0.466 e. The van der Waals surface area contributed by atoms with Crippen LogP contribution in [0.5, 0.6) is 0 Å². The normalized spacial score (nSPS) is 11.0. The molecule has 0 spiro atoms. The number of hydrogen-bond donors (Lipinski definition) is 0. The fourth-order valence-corrected chi connectivity index (χ4v) is 5.68. The van der Waals surface area contributed by atoms with Crippen LogP contribution in [0, 0.1) is 3.95 Å². The van der Waals surface area contributed by atoms with Crippen molar-refractivity contribution in [2.75, 3.05) is 12.4 Å². The molecule has 0 aliphatic rings. The summed E-state index contributed by atoms with van der Waals surface area (Å²) in [5.41, 5.74) is 2.82. The molecule has 2 aromatic heterocycles. The maximum absolute atomic E-state index is 13.7. The number of thiazole rings is 1.